The predicted octanol–water partition coefficient (Wildman–Crippen LogP) is 7.51. The molecule has 0 aliphatic heterocycles. The molecule has 0 saturated carbocycles. The number of imidazole rings is 1. The van der Waals surface area contributed by atoms with Gasteiger partial charge in [-0.05, 0) is 53.9 Å². The highest BCUT2D eigenvalue weighted by Gasteiger charge is 2.21. The molecule has 7 rings (SSSR count). The molecule has 0 saturated heterocycles. The van der Waals surface area contributed by atoms with Gasteiger partial charge in [0.25, 0.3) is 0 Å². The zero-order chi connectivity index (χ0) is 23.8. The van der Waals surface area contributed by atoms with Gasteiger partial charge in [-0.1, -0.05) is 42.5 Å². The van der Waals surface area contributed by atoms with Crippen molar-refractivity contribution < 1.29 is 4.42 Å². The van der Waals surface area contributed by atoms with Crippen LogP contribution in [0.1, 0.15) is 11.1 Å². The average Bonchev–Trinajstić information content (AvgIpc) is 3.47. The lowest BCUT2D eigenvalue weighted by Crippen LogP contribution is -2.12. The topological polar surface area (TPSA) is 58.0 Å². The normalized spacial score (nSPS) is 12.0. The van der Waals surface area contributed by atoms with Gasteiger partial charge in [0.05, 0.1) is 28.4 Å². The first-order chi connectivity index (χ1) is 17.0. The van der Waals surface area contributed by atoms with Gasteiger partial charge in [0.15, 0.2) is 0 Å². The van der Waals surface area contributed by atoms with Crippen LogP contribution in [0.3, 0.4) is 0 Å². The van der Waals surface area contributed by atoms with Gasteiger partial charge in [0.2, 0.25) is 0 Å². The maximum Gasteiger partial charge on any atom is 0.144 e. The summed E-state index contributed by atoms with van der Waals surface area (Å²) in [5, 5.41) is 6.79. The number of rotatable bonds is 2. The Hall–Kier alpha value is -4.38. The molecule has 0 aliphatic carbocycles. The number of benzene rings is 4. The molecule has 0 spiro atoms. The van der Waals surface area contributed by atoms with Gasteiger partial charge in [0.1, 0.15) is 17.2 Å². The number of anilines is 1. The number of para-hydroxylation sites is 1. The van der Waals surface area contributed by atoms with E-state index in [0.717, 1.165) is 66.4 Å². The number of hydrogen-bond acceptors (Lipinski definition) is 4. The van der Waals surface area contributed by atoms with Crippen LogP contribution in [0.15, 0.2) is 71.3 Å². The quantitative estimate of drug-likeness (QED) is 0.273. The van der Waals surface area contributed by atoms with Gasteiger partial charge < -0.3 is 14.3 Å². The predicted molar refractivity (Wildman–Crippen MR) is 145 cm³/mol. The van der Waals surface area contributed by atoms with Crippen LogP contribution >= 0.6 is 0 Å². The van der Waals surface area contributed by atoms with E-state index in [-0.39, 0.29) is 0 Å². The molecule has 170 valence electrons. The van der Waals surface area contributed by atoms with Crippen molar-refractivity contribution in [1.29, 1.82) is 0 Å². The van der Waals surface area contributed by atoms with E-state index in [1.54, 1.807) is 0 Å². The summed E-state index contributed by atoms with van der Waals surface area (Å²) >= 11 is 0. The van der Waals surface area contributed by atoms with Crippen LogP contribution in [0.5, 0.6) is 0 Å². The van der Waals surface area contributed by atoms with Gasteiger partial charge in [0, 0.05) is 35.6 Å². The van der Waals surface area contributed by atoms with Gasteiger partial charge >= 0.3 is 0 Å². The Bertz CT molecular complexity index is 1960. The molecule has 0 atom stereocenters. The van der Waals surface area contributed by atoms with E-state index < -0.39 is 0 Å². The lowest BCUT2D eigenvalue weighted by Gasteiger charge is -2.16. The second-order valence-electron chi connectivity index (χ2n) is 9.54. The summed E-state index contributed by atoms with van der Waals surface area (Å²) in [6.07, 6.45) is 1.84. The van der Waals surface area contributed by atoms with Crippen molar-refractivity contribution in [2.75, 3.05) is 19.0 Å². The van der Waals surface area contributed by atoms with Gasteiger partial charge in [-0.25, -0.2) is 9.97 Å². The number of H-pyrrole nitrogens is 1. The number of aryl methyl sites for hydroxylation is 2. The van der Waals surface area contributed by atoms with E-state index >= 15 is 0 Å². The summed E-state index contributed by atoms with van der Waals surface area (Å²) in [4.78, 5) is 15.9. The highest BCUT2D eigenvalue weighted by molar-refractivity contribution is 6.29. The van der Waals surface area contributed by atoms with E-state index in [9.17, 15) is 0 Å². The van der Waals surface area contributed by atoms with Crippen molar-refractivity contribution in [2.45, 2.75) is 13.8 Å². The Morgan fingerprint density at radius 1 is 0.800 bits per heavy atom. The molecule has 0 amide bonds. The molecule has 1 N–H and O–H groups in total. The fraction of sp³-hybridized carbons (Fsp3) is 0.133. The smallest absolute Gasteiger partial charge is 0.144 e. The molecule has 35 heavy (non-hydrogen) atoms. The van der Waals surface area contributed by atoms with Crippen LogP contribution in [0, 0.1) is 13.8 Å². The van der Waals surface area contributed by atoms with Crippen LogP contribution in [-0.4, -0.2) is 29.0 Å². The molecule has 0 fully saturated rings. The molecule has 0 unspecified atom stereocenters. The molecule has 5 nitrogen and oxygen atoms in total. The summed E-state index contributed by atoms with van der Waals surface area (Å²) in [6, 6.07) is 21.2. The third-order valence-corrected chi connectivity index (χ3v) is 7.07. The molecular formula is C30H24N4O. The summed E-state index contributed by atoms with van der Waals surface area (Å²) in [5.74, 6) is 1.69. The van der Waals surface area contributed by atoms with Crippen molar-refractivity contribution >= 4 is 60.3 Å². The van der Waals surface area contributed by atoms with Crippen molar-refractivity contribution in [3.05, 3.63) is 78.1 Å². The van der Waals surface area contributed by atoms with Crippen molar-refractivity contribution in [3.63, 3.8) is 0 Å². The molecule has 0 aliphatic rings. The molecule has 0 bridgehead atoms. The largest absolute Gasteiger partial charge is 0.463 e. The molecule has 5 heteroatoms. The van der Waals surface area contributed by atoms with E-state index in [1.165, 1.54) is 16.3 Å². The highest BCUT2D eigenvalue weighted by atomic mass is 16.3. The van der Waals surface area contributed by atoms with Crippen molar-refractivity contribution in [3.8, 4) is 11.4 Å². The Morgan fingerprint density at radius 2 is 1.63 bits per heavy atom. The molecule has 3 aromatic heterocycles. The number of hydrogen-bond donors (Lipinski definition) is 1. The fourth-order valence-electron chi connectivity index (χ4n) is 5.40. The Balaban J connectivity index is 1.67. The van der Waals surface area contributed by atoms with Crippen LogP contribution in [0.25, 0.3) is 65.8 Å². The Labute approximate surface area is 202 Å². The van der Waals surface area contributed by atoms with Crippen LogP contribution in [0.4, 0.5) is 5.82 Å². The van der Waals surface area contributed by atoms with E-state index in [2.05, 4.69) is 61.3 Å². The molecule has 0 radical (unpaired) electrons. The minimum absolute atomic E-state index is 0.806. The standard InChI is InChI=1S/C30H24N4O/c1-16-8-7-10-20-19(16)12-13-21-25(20)27-26(24-17(2)15-35-28(21)24)32-29(33-27)22-14-18-9-5-6-11-23(18)31-30(22)34(3)4/h5-15H,1-4H3,(H,32,33). The molecular weight excluding hydrogens is 432 g/mol. The number of aromatic amines is 1. The second kappa shape index (κ2) is 7.06. The highest BCUT2D eigenvalue weighted by Crippen LogP contribution is 2.42. The van der Waals surface area contributed by atoms with E-state index in [0.29, 0.717) is 0 Å². The number of nitrogens with one attached hydrogen (secondary N) is 1. The molecule has 3 heterocycles. The first-order valence-corrected chi connectivity index (χ1v) is 11.8. The lowest BCUT2D eigenvalue weighted by molar-refractivity contribution is 0.616. The van der Waals surface area contributed by atoms with Gasteiger partial charge in [-0.2, -0.15) is 0 Å². The second-order valence-corrected chi connectivity index (χ2v) is 9.54. The van der Waals surface area contributed by atoms with Crippen molar-refractivity contribution in [2.24, 2.45) is 0 Å². The van der Waals surface area contributed by atoms with Crippen molar-refractivity contribution in [1.82, 2.24) is 15.0 Å². The number of fused-ring (bicyclic) bond motifs is 9. The Kier molecular flexibility index (Phi) is 4.04. The first-order valence-electron chi connectivity index (χ1n) is 11.8. The fourth-order valence-corrected chi connectivity index (χ4v) is 5.40. The van der Waals surface area contributed by atoms with Gasteiger partial charge in [-0.15, -0.1) is 0 Å². The summed E-state index contributed by atoms with van der Waals surface area (Å²) in [7, 11) is 4.04. The minimum atomic E-state index is 0.806. The maximum atomic E-state index is 6.12. The maximum absolute atomic E-state index is 6.12. The first kappa shape index (κ1) is 20.0. The lowest BCUT2D eigenvalue weighted by atomic mass is 9.96. The number of furan rings is 1. The molecule has 4 aromatic carbocycles. The minimum Gasteiger partial charge on any atom is -0.463 e. The van der Waals surface area contributed by atoms with Crippen LogP contribution in [-0.2, 0) is 0 Å². The number of aromatic nitrogens is 3. The van der Waals surface area contributed by atoms with E-state index in [1.807, 2.05) is 43.5 Å². The monoisotopic (exact) mass is 456 g/mol. The number of nitrogens with zero attached hydrogens (tertiary/aromatic N) is 3. The SMILES string of the molecule is Cc1cccc2c1ccc1c3occ(C)c3c3[nH]c(-c4cc5ccccc5nc4N(C)C)nc3c21. The average molecular weight is 457 g/mol. The zero-order valence-electron chi connectivity index (χ0n) is 20.1. The summed E-state index contributed by atoms with van der Waals surface area (Å²) in [6.45, 7) is 4.24. The third-order valence-electron chi connectivity index (χ3n) is 7.07. The Morgan fingerprint density at radius 3 is 2.49 bits per heavy atom. The van der Waals surface area contributed by atoms with E-state index in [4.69, 9.17) is 14.4 Å². The summed E-state index contributed by atoms with van der Waals surface area (Å²) in [5.41, 5.74) is 7.14. The van der Waals surface area contributed by atoms with Crippen LogP contribution in [0.2, 0.25) is 0 Å². The zero-order valence-corrected chi connectivity index (χ0v) is 20.1. The number of pyridine rings is 1. The van der Waals surface area contributed by atoms with Gasteiger partial charge in [-0.3, -0.25) is 0 Å². The summed E-state index contributed by atoms with van der Waals surface area (Å²) < 4.78 is 6.12. The van der Waals surface area contributed by atoms with Crippen LogP contribution < -0.4 is 4.90 Å². The molecule has 7 aromatic rings. The third kappa shape index (κ3) is 2.75.